The lowest BCUT2D eigenvalue weighted by molar-refractivity contribution is 0.249. The van der Waals surface area contributed by atoms with E-state index in [0.29, 0.717) is 12.0 Å². The smallest absolute Gasteiger partial charge is 0.191 e. The highest BCUT2D eigenvalue weighted by molar-refractivity contribution is 7.07. The molecular weight excluding hydrogens is 244 g/mol. The third-order valence-corrected chi connectivity index (χ3v) is 4.28. The van der Waals surface area contributed by atoms with Crippen molar-refractivity contribution in [3.63, 3.8) is 0 Å². The van der Waals surface area contributed by atoms with Crippen LogP contribution < -0.4 is 5.73 Å². The van der Waals surface area contributed by atoms with Crippen LogP contribution in [0, 0.1) is 0 Å². The molecule has 0 spiro atoms. The monoisotopic (exact) mass is 266 g/mol. The highest BCUT2D eigenvalue weighted by atomic mass is 32.1. The SMILES string of the molecule is CCN(CC)CCN1C(N)=NCC1c1ccsc1. The Morgan fingerprint density at radius 2 is 2.28 bits per heavy atom. The minimum atomic E-state index is 0.340. The molecule has 0 aromatic carbocycles. The average Bonchev–Trinajstić information content (AvgIpc) is 3.00. The van der Waals surface area contributed by atoms with Gasteiger partial charge in [0.25, 0.3) is 0 Å². The van der Waals surface area contributed by atoms with E-state index >= 15 is 0 Å². The minimum absolute atomic E-state index is 0.340. The maximum absolute atomic E-state index is 6.01. The van der Waals surface area contributed by atoms with Gasteiger partial charge in [0.1, 0.15) is 0 Å². The summed E-state index contributed by atoms with van der Waals surface area (Å²) in [6, 6.07) is 2.51. The predicted octanol–water partition coefficient (Wildman–Crippen LogP) is 1.76. The van der Waals surface area contributed by atoms with Gasteiger partial charge in [-0.25, -0.2) is 0 Å². The standard InChI is InChI=1S/C13H22N4S/c1-3-16(4-2)6-7-17-12(9-15-13(17)14)11-5-8-18-10-11/h5,8,10,12H,3-4,6-7,9H2,1-2H3,(H2,14,15). The molecular formula is C13H22N4S. The van der Waals surface area contributed by atoms with Crippen molar-refractivity contribution < 1.29 is 0 Å². The molecule has 0 bridgehead atoms. The van der Waals surface area contributed by atoms with E-state index in [-0.39, 0.29) is 0 Å². The summed E-state index contributed by atoms with van der Waals surface area (Å²) in [6.45, 7) is 9.36. The molecule has 0 aliphatic carbocycles. The largest absolute Gasteiger partial charge is 0.370 e. The van der Waals surface area contributed by atoms with E-state index < -0.39 is 0 Å². The van der Waals surface area contributed by atoms with Gasteiger partial charge in [0, 0.05) is 13.1 Å². The van der Waals surface area contributed by atoms with Gasteiger partial charge < -0.3 is 15.5 Å². The molecule has 1 aromatic heterocycles. The van der Waals surface area contributed by atoms with Crippen LogP contribution in [0.3, 0.4) is 0 Å². The van der Waals surface area contributed by atoms with Gasteiger partial charge in [0.2, 0.25) is 0 Å². The van der Waals surface area contributed by atoms with Crippen LogP contribution in [0.15, 0.2) is 21.8 Å². The summed E-state index contributed by atoms with van der Waals surface area (Å²) >= 11 is 1.73. The number of hydrogen-bond donors (Lipinski definition) is 1. The second kappa shape index (κ2) is 6.20. The Kier molecular flexibility index (Phi) is 4.60. The van der Waals surface area contributed by atoms with Gasteiger partial charge >= 0.3 is 0 Å². The van der Waals surface area contributed by atoms with Crippen molar-refractivity contribution in [1.29, 1.82) is 0 Å². The fourth-order valence-corrected chi connectivity index (χ4v) is 3.05. The first-order chi connectivity index (χ1) is 8.76. The van der Waals surface area contributed by atoms with Crippen molar-refractivity contribution >= 4 is 17.3 Å². The molecule has 5 heteroatoms. The summed E-state index contributed by atoms with van der Waals surface area (Å²) in [6.07, 6.45) is 0. The number of rotatable bonds is 6. The van der Waals surface area contributed by atoms with Gasteiger partial charge in [-0.2, -0.15) is 11.3 Å². The van der Waals surface area contributed by atoms with Gasteiger partial charge in [-0.05, 0) is 35.5 Å². The molecule has 1 aliphatic heterocycles. The molecule has 0 amide bonds. The van der Waals surface area contributed by atoms with Crippen LogP contribution in [0.4, 0.5) is 0 Å². The second-order valence-corrected chi connectivity index (χ2v) is 5.27. The van der Waals surface area contributed by atoms with Crippen LogP contribution in [0.2, 0.25) is 0 Å². The Labute approximate surface area is 113 Å². The molecule has 2 heterocycles. The molecule has 1 aromatic rings. The van der Waals surface area contributed by atoms with E-state index in [4.69, 9.17) is 5.73 Å². The molecule has 0 fully saturated rings. The predicted molar refractivity (Wildman–Crippen MR) is 78.0 cm³/mol. The van der Waals surface area contributed by atoms with Crippen molar-refractivity contribution in [2.24, 2.45) is 10.7 Å². The molecule has 0 radical (unpaired) electrons. The van der Waals surface area contributed by atoms with E-state index in [9.17, 15) is 0 Å². The molecule has 2 rings (SSSR count). The Morgan fingerprint density at radius 1 is 1.50 bits per heavy atom. The van der Waals surface area contributed by atoms with Gasteiger partial charge in [-0.3, -0.25) is 4.99 Å². The summed E-state index contributed by atoms with van der Waals surface area (Å²) in [7, 11) is 0. The quantitative estimate of drug-likeness (QED) is 0.853. The van der Waals surface area contributed by atoms with Crippen LogP contribution in [-0.4, -0.2) is 48.5 Å². The summed E-state index contributed by atoms with van der Waals surface area (Å²) in [5.41, 5.74) is 7.34. The van der Waals surface area contributed by atoms with Gasteiger partial charge in [-0.15, -0.1) is 0 Å². The molecule has 1 unspecified atom stereocenters. The van der Waals surface area contributed by atoms with Crippen molar-refractivity contribution in [2.75, 3.05) is 32.7 Å². The lowest BCUT2D eigenvalue weighted by atomic mass is 10.1. The minimum Gasteiger partial charge on any atom is -0.370 e. The van der Waals surface area contributed by atoms with Crippen LogP contribution in [-0.2, 0) is 0 Å². The van der Waals surface area contributed by atoms with E-state index in [1.807, 2.05) is 0 Å². The summed E-state index contributed by atoms with van der Waals surface area (Å²) in [4.78, 5) is 9.04. The maximum atomic E-state index is 6.01. The third-order valence-electron chi connectivity index (χ3n) is 3.58. The number of likely N-dealkylation sites (N-methyl/N-ethyl adjacent to an activating group) is 1. The summed E-state index contributed by atoms with van der Waals surface area (Å²) < 4.78 is 0. The van der Waals surface area contributed by atoms with Crippen LogP contribution in [0.5, 0.6) is 0 Å². The van der Waals surface area contributed by atoms with E-state index in [1.54, 1.807) is 11.3 Å². The molecule has 100 valence electrons. The number of hydrogen-bond acceptors (Lipinski definition) is 5. The maximum Gasteiger partial charge on any atom is 0.191 e. The Hall–Kier alpha value is -1.07. The lowest BCUT2D eigenvalue weighted by Gasteiger charge is -2.28. The van der Waals surface area contributed by atoms with Crippen LogP contribution >= 0.6 is 11.3 Å². The number of thiophene rings is 1. The normalized spacial score (nSPS) is 19.6. The molecule has 1 aliphatic rings. The van der Waals surface area contributed by atoms with Gasteiger partial charge in [0.15, 0.2) is 5.96 Å². The zero-order chi connectivity index (χ0) is 13.0. The first-order valence-electron chi connectivity index (χ1n) is 6.57. The molecule has 1 atom stereocenters. The number of nitrogens with zero attached hydrogens (tertiary/aromatic N) is 3. The van der Waals surface area contributed by atoms with Crippen LogP contribution in [0.1, 0.15) is 25.5 Å². The highest BCUT2D eigenvalue weighted by Gasteiger charge is 2.27. The zero-order valence-corrected chi connectivity index (χ0v) is 12.0. The van der Waals surface area contributed by atoms with E-state index in [1.165, 1.54) is 5.56 Å². The van der Waals surface area contributed by atoms with E-state index in [0.717, 1.165) is 32.7 Å². The number of guanidine groups is 1. The molecule has 0 saturated carbocycles. The first-order valence-corrected chi connectivity index (χ1v) is 7.51. The van der Waals surface area contributed by atoms with Crippen LogP contribution in [0.25, 0.3) is 0 Å². The Bertz CT molecular complexity index is 384. The lowest BCUT2D eigenvalue weighted by Crippen LogP contribution is -2.41. The van der Waals surface area contributed by atoms with Gasteiger partial charge in [0.05, 0.1) is 12.6 Å². The summed E-state index contributed by atoms with van der Waals surface area (Å²) in [5, 5.41) is 4.32. The van der Waals surface area contributed by atoms with Gasteiger partial charge in [-0.1, -0.05) is 13.8 Å². The van der Waals surface area contributed by atoms with E-state index in [2.05, 4.69) is 45.5 Å². The molecule has 18 heavy (non-hydrogen) atoms. The fourth-order valence-electron chi connectivity index (χ4n) is 2.34. The van der Waals surface area contributed by atoms with Crippen molar-refractivity contribution in [3.8, 4) is 0 Å². The Morgan fingerprint density at radius 3 is 2.89 bits per heavy atom. The van der Waals surface area contributed by atoms with Crippen molar-refractivity contribution in [3.05, 3.63) is 22.4 Å². The summed E-state index contributed by atoms with van der Waals surface area (Å²) in [5.74, 6) is 0.693. The highest BCUT2D eigenvalue weighted by Crippen LogP contribution is 2.26. The third kappa shape index (κ3) is 2.84. The topological polar surface area (TPSA) is 44.9 Å². The fraction of sp³-hybridized carbons (Fsp3) is 0.615. The van der Waals surface area contributed by atoms with Crippen molar-refractivity contribution in [2.45, 2.75) is 19.9 Å². The first kappa shape index (κ1) is 13.4. The molecule has 2 N–H and O–H groups in total. The molecule has 4 nitrogen and oxygen atoms in total. The number of nitrogens with two attached hydrogens (primary N) is 1. The van der Waals surface area contributed by atoms with Crippen molar-refractivity contribution in [1.82, 2.24) is 9.80 Å². The second-order valence-electron chi connectivity index (χ2n) is 4.49. The molecule has 0 saturated heterocycles. The average molecular weight is 266 g/mol. The Balaban J connectivity index is 1.97. The number of aliphatic imine (C=N–C) groups is 1. The zero-order valence-electron chi connectivity index (χ0n) is 11.2.